The van der Waals surface area contributed by atoms with E-state index in [1.807, 2.05) is 85.7 Å². The minimum absolute atomic E-state index is 0.803. The van der Waals surface area contributed by atoms with Gasteiger partial charge in [0.25, 0.3) is 0 Å². The monoisotopic (exact) mass is 592 g/mol. The predicted octanol–water partition coefficient (Wildman–Crippen LogP) is 9.26. The Morgan fingerprint density at radius 3 is 1.41 bits per heavy atom. The van der Waals surface area contributed by atoms with Crippen molar-refractivity contribution in [2.24, 2.45) is 0 Å². The van der Waals surface area contributed by atoms with Crippen LogP contribution in [0.25, 0.3) is 99.1 Å². The number of hydrogen-bond donors (Lipinski definition) is 0. The van der Waals surface area contributed by atoms with Crippen molar-refractivity contribution in [3.05, 3.63) is 122 Å². The molecule has 8 nitrogen and oxygen atoms in total. The van der Waals surface area contributed by atoms with Crippen LogP contribution < -0.4 is 0 Å². The van der Waals surface area contributed by atoms with E-state index in [0.29, 0.717) is 0 Å². The summed E-state index contributed by atoms with van der Waals surface area (Å²) in [5.74, 6) is 0. The molecular formula is C38H20N6O2. The molecule has 8 heterocycles. The minimum atomic E-state index is 0.803. The van der Waals surface area contributed by atoms with Gasteiger partial charge in [0, 0.05) is 79.3 Å². The number of pyridine rings is 4. The van der Waals surface area contributed by atoms with Crippen LogP contribution in [0.5, 0.6) is 0 Å². The fourth-order valence-corrected chi connectivity index (χ4v) is 7.29. The van der Waals surface area contributed by atoms with Crippen LogP contribution >= 0.6 is 0 Å². The standard InChI is InChI=1S/C38H20N6O2/c1-3-25-23-11-15-39-19-29(23)43(37(25)41-13-1)21-5-7-31-27(17-21)35-33(45-31)9-10-34-36(35)28-18-22(6-8-32(28)46-34)44-30-20-40-16-12-24(30)26-4-2-14-42-38(26)44/h1-20H. The van der Waals surface area contributed by atoms with Crippen molar-refractivity contribution in [2.45, 2.75) is 0 Å². The van der Waals surface area contributed by atoms with Crippen molar-refractivity contribution in [1.29, 1.82) is 0 Å². The molecule has 0 radical (unpaired) electrons. The summed E-state index contributed by atoms with van der Waals surface area (Å²) in [6.07, 6.45) is 11.1. The third-order valence-electron chi connectivity index (χ3n) is 9.21. The van der Waals surface area contributed by atoms with Gasteiger partial charge in [-0.3, -0.25) is 19.1 Å². The molecule has 0 atom stereocenters. The zero-order valence-electron chi connectivity index (χ0n) is 24.0. The maximum Gasteiger partial charge on any atom is 0.145 e. The molecule has 46 heavy (non-hydrogen) atoms. The Balaban J connectivity index is 1.22. The number of rotatable bonds is 2. The van der Waals surface area contributed by atoms with Gasteiger partial charge in [0.15, 0.2) is 0 Å². The topological polar surface area (TPSA) is 87.7 Å². The first-order valence-electron chi connectivity index (χ1n) is 15.0. The molecular weight excluding hydrogens is 572 g/mol. The summed E-state index contributed by atoms with van der Waals surface area (Å²) in [4.78, 5) is 18.4. The maximum atomic E-state index is 6.44. The first-order chi connectivity index (χ1) is 22.8. The van der Waals surface area contributed by atoms with Crippen molar-refractivity contribution >= 4 is 87.7 Å². The van der Waals surface area contributed by atoms with Gasteiger partial charge in [-0.1, -0.05) is 0 Å². The minimum Gasteiger partial charge on any atom is -0.456 e. The van der Waals surface area contributed by atoms with Gasteiger partial charge in [-0.25, -0.2) is 9.97 Å². The smallest absolute Gasteiger partial charge is 0.145 e. The summed E-state index contributed by atoms with van der Waals surface area (Å²) in [5.41, 5.74) is 8.96. The van der Waals surface area contributed by atoms with Crippen LogP contribution in [-0.2, 0) is 0 Å². The molecule has 8 aromatic heterocycles. The summed E-state index contributed by atoms with van der Waals surface area (Å²) < 4.78 is 17.2. The number of hydrogen-bond acceptors (Lipinski definition) is 6. The van der Waals surface area contributed by atoms with Gasteiger partial charge in [-0.05, 0) is 84.9 Å². The normalized spacial score (nSPS) is 12.3. The van der Waals surface area contributed by atoms with Gasteiger partial charge in [-0.2, -0.15) is 0 Å². The Kier molecular flexibility index (Phi) is 4.43. The highest BCUT2D eigenvalue weighted by molar-refractivity contribution is 6.26. The zero-order chi connectivity index (χ0) is 29.9. The third-order valence-corrected chi connectivity index (χ3v) is 9.21. The van der Waals surface area contributed by atoms with E-state index in [9.17, 15) is 0 Å². The van der Waals surface area contributed by atoms with E-state index >= 15 is 0 Å². The SMILES string of the molecule is c1cnc2c(c1)c1ccncc1n2-c1ccc2oc3ccc4oc5ccc(-n6c7cnccc7c7cccnc76)cc5c4c3c2c1. The molecule has 8 heteroatoms. The number of furan rings is 2. The van der Waals surface area contributed by atoms with E-state index < -0.39 is 0 Å². The molecule has 11 aromatic rings. The second kappa shape index (κ2) is 8.55. The number of benzene rings is 3. The average Bonchev–Trinajstić information content (AvgIpc) is 3.85. The van der Waals surface area contributed by atoms with Gasteiger partial charge in [0.2, 0.25) is 0 Å². The Bertz CT molecular complexity index is 2740. The van der Waals surface area contributed by atoms with Gasteiger partial charge in [0.05, 0.1) is 23.4 Å². The first kappa shape index (κ1) is 23.9. The number of nitrogens with zero attached hydrogens (tertiary/aromatic N) is 6. The lowest BCUT2D eigenvalue weighted by Gasteiger charge is -2.07. The lowest BCUT2D eigenvalue weighted by Crippen LogP contribution is -1.95. The van der Waals surface area contributed by atoms with E-state index in [1.54, 1.807) is 0 Å². The van der Waals surface area contributed by atoms with Crippen LogP contribution in [0.15, 0.2) is 131 Å². The summed E-state index contributed by atoms with van der Waals surface area (Å²) in [6, 6.07) is 28.9. The molecule has 3 aromatic carbocycles. The molecule has 0 saturated carbocycles. The Labute approximate surface area is 258 Å². The molecule has 0 bridgehead atoms. The summed E-state index contributed by atoms with van der Waals surface area (Å²) in [7, 11) is 0. The first-order valence-corrected chi connectivity index (χ1v) is 15.0. The second-order valence-electron chi connectivity index (χ2n) is 11.6. The van der Waals surface area contributed by atoms with Gasteiger partial charge >= 0.3 is 0 Å². The molecule has 0 amide bonds. The molecule has 0 N–H and O–H groups in total. The van der Waals surface area contributed by atoms with Gasteiger partial charge in [-0.15, -0.1) is 0 Å². The van der Waals surface area contributed by atoms with Crippen LogP contribution in [0, 0.1) is 0 Å². The Morgan fingerprint density at radius 2 is 0.913 bits per heavy atom. The molecule has 0 fully saturated rings. The maximum absolute atomic E-state index is 6.44. The fourth-order valence-electron chi connectivity index (χ4n) is 7.29. The van der Waals surface area contributed by atoms with E-state index in [1.165, 1.54) is 0 Å². The van der Waals surface area contributed by atoms with Crippen molar-refractivity contribution in [1.82, 2.24) is 29.1 Å². The lowest BCUT2D eigenvalue weighted by molar-refractivity contribution is 0.663. The van der Waals surface area contributed by atoms with Crippen molar-refractivity contribution in [2.75, 3.05) is 0 Å². The summed E-state index contributed by atoms with van der Waals surface area (Å²) in [6.45, 7) is 0. The van der Waals surface area contributed by atoms with Crippen LogP contribution in [0.1, 0.15) is 0 Å². The molecule has 0 aliphatic carbocycles. The van der Waals surface area contributed by atoms with Crippen LogP contribution in [0.2, 0.25) is 0 Å². The Morgan fingerprint density at radius 1 is 0.435 bits per heavy atom. The molecule has 0 aliphatic rings. The number of aromatic nitrogens is 6. The molecule has 0 saturated heterocycles. The van der Waals surface area contributed by atoms with E-state index in [-0.39, 0.29) is 0 Å². The quantitative estimate of drug-likeness (QED) is 0.199. The largest absolute Gasteiger partial charge is 0.456 e. The molecule has 11 rings (SSSR count). The van der Waals surface area contributed by atoms with Crippen molar-refractivity contribution in [3.63, 3.8) is 0 Å². The summed E-state index contributed by atoms with van der Waals surface area (Å²) >= 11 is 0. The van der Waals surface area contributed by atoms with Crippen molar-refractivity contribution in [3.8, 4) is 11.4 Å². The molecule has 0 aliphatic heterocycles. The van der Waals surface area contributed by atoms with E-state index in [2.05, 4.69) is 55.5 Å². The molecule has 214 valence electrons. The molecule has 0 spiro atoms. The van der Waals surface area contributed by atoms with Crippen LogP contribution in [0.4, 0.5) is 0 Å². The van der Waals surface area contributed by atoms with Crippen LogP contribution in [-0.4, -0.2) is 29.1 Å². The average molecular weight is 593 g/mol. The second-order valence-corrected chi connectivity index (χ2v) is 11.6. The van der Waals surface area contributed by atoms with Crippen molar-refractivity contribution < 1.29 is 8.83 Å². The fraction of sp³-hybridized carbons (Fsp3) is 0. The lowest BCUT2D eigenvalue weighted by atomic mass is 10.0. The highest BCUT2D eigenvalue weighted by Crippen LogP contribution is 2.42. The molecule has 0 unspecified atom stereocenters. The van der Waals surface area contributed by atoms with Gasteiger partial charge in [0.1, 0.15) is 33.6 Å². The predicted molar refractivity (Wildman–Crippen MR) is 181 cm³/mol. The highest BCUT2D eigenvalue weighted by Gasteiger charge is 2.20. The summed E-state index contributed by atoms with van der Waals surface area (Å²) in [5, 5.41) is 8.43. The van der Waals surface area contributed by atoms with Gasteiger partial charge < -0.3 is 8.83 Å². The third kappa shape index (κ3) is 3.02. The van der Waals surface area contributed by atoms with E-state index in [4.69, 9.17) is 18.8 Å². The zero-order valence-corrected chi connectivity index (χ0v) is 24.0. The highest BCUT2D eigenvalue weighted by atomic mass is 16.3. The van der Waals surface area contributed by atoms with Crippen LogP contribution in [0.3, 0.4) is 0 Å². The Hall–Kier alpha value is -6.54. The van der Waals surface area contributed by atoms with E-state index in [0.717, 1.165) is 99.1 Å². The number of fused-ring (bicyclic) bond motifs is 13.